The fraction of sp³-hybridized carbons (Fsp3) is 0.227. The second kappa shape index (κ2) is 9.93. The molecule has 0 saturated heterocycles. The van der Waals surface area contributed by atoms with Crippen molar-refractivity contribution >= 4 is 34.6 Å². The summed E-state index contributed by atoms with van der Waals surface area (Å²) in [6.07, 6.45) is 4.05. The van der Waals surface area contributed by atoms with Crippen LogP contribution < -0.4 is 10.6 Å². The summed E-state index contributed by atoms with van der Waals surface area (Å²) in [5, 5.41) is 5.81. The summed E-state index contributed by atoms with van der Waals surface area (Å²) < 4.78 is 0. The number of thioether (sulfide) groups is 1. The number of nitrogens with one attached hydrogen (secondary N) is 3. The van der Waals surface area contributed by atoms with E-state index in [1.165, 1.54) is 6.08 Å². The number of H-pyrrole nitrogens is 1. The number of hydrogen-bond donors (Lipinski definition) is 3. The van der Waals surface area contributed by atoms with E-state index in [4.69, 9.17) is 0 Å². The van der Waals surface area contributed by atoms with Crippen LogP contribution in [0, 0.1) is 0 Å². The molecule has 0 unspecified atom stereocenters. The normalized spacial score (nSPS) is 11.8. The second-order valence-electron chi connectivity index (χ2n) is 6.57. The minimum absolute atomic E-state index is 0.154. The Morgan fingerprint density at radius 3 is 2.66 bits per heavy atom. The largest absolute Gasteiger partial charge is 0.348 e. The van der Waals surface area contributed by atoms with Gasteiger partial charge in [-0.2, -0.15) is 11.8 Å². The standard InChI is InChI=1S/C22H24N4O2S/c1-3-20(27)23-14-15-8-10-16(11-9-15)22(28)26-19(12-13-29-2)21-24-17-6-4-5-7-18(17)25-21/h3-11,19H,1,12-14H2,2H3,(H,23,27)(H,24,25)(H,26,28)/t19-/m0/s1. The molecule has 3 N–H and O–H groups in total. The zero-order chi connectivity index (χ0) is 20.6. The van der Waals surface area contributed by atoms with Crippen LogP contribution in [0.25, 0.3) is 11.0 Å². The van der Waals surface area contributed by atoms with Gasteiger partial charge in [0.25, 0.3) is 5.91 Å². The number of fused-ring (bicyclic) bond motifs is 1. The van der Waals surface area contributed by atoms with Crippen LogP contribution in [0.5, 0.6) is 0 Å². The average Bonchev–Trinajstić information content (AvgIpc) is 3.19. The third kappa shape index (κ3) is 5.48. The molecule has 1 heterocycles. The molecule has 0 spiro atoms. The molecule has 3 rings (SSSR count). The van der Waals surface area contributed by atoms with E-state index in [1.807, 2.05) is 42.7 Å². The van der Waals surface area contributed by atoms with Crippen molar-refractivity contribution < 1.29 is 9.59 Å². The molecular formula is C22H24N4O2S. The molecular weight excluding hydrogens is 384 g/mol. The van der Waals surface area contributed by atoms with Crippen molar-refractivity contribution in [2.45, 2.75) is 19.0 Å². The van der Waals surface area contributed by atoms with Gasteiger partial charge in [-0.3, -0.25) is 9.59 Å². The Hall–Kier alpha value is -3.06. The molecule has 2 aromatic carbocycles. The molecule has 1 atom stereocenters. The Morgan fingerprint density at radius 2 is 1.97 bits per heavy atom. The quantitative estimate of drug-likeness (QED) is 0.472. The van der Waals surface area contributed by atoms with Gasteiger partial charge in [0.05, 0.1) is 17.1 Å². The molecule has 2 amide bonds. The van der Waals surface area contributed by atoms with Gasteiger partial charge < -0.3 is 15.6 Å². The number of carbonyl (C=O) groups excluding carboxylic acids is 2. The first kappa shape index (κ1) is 20.7. The van der Waals surface area contributed by atoms with Crippen LogP contribution in [0.3, 0.4) is 0 Å². The molecule has 0 aliphatic rings. The number of aromatic nitrogens is 2. The number of nitrogens with zero attached hydrogens (tertiary/aromatic N) is 1. The van der Waals surface area contributed by atoms with Crippen LogP contribution in [0.1, 0.15) is 34.2 Å². The maximum absolute atomic E-state index is 12.8. The average molecular weight is 409 g/mol. The fourth-order valence-corrected chi connectivity index (χ4v) is 3.40. The summed E-state index contributed by atoms with van der Waals surface area (Å²) in [4.78, 5) is 32.0. The molecule has 0 fully saturated rings. The lowest BCUT2D eigenvalue weighted by molar-refractivity contribution is -0.116. The van der Waals surface area contributed by atoms with Crippen molar-refractivity contribution in [3.8, 4) is 0 Å². The predicted molar refractivity (Wildman–Crippen MR) is 118 cm³/mol. The van der Waals surface area contributed by atoms with Crippen molar-refractivity contribution in [1.82, 2.24) is 20.6 Å². The lowest BCUT2D eigenvalue weighted by atomic mass is 10.1. The van der Waals surface area contributed by atoms with Gasteiger partial charge in [-0.05, 0) is 54.3 Å². The summed E-state index contributed by atoms with van der Waals surface area (Å²) >= 11 is 1.73. The molecule has 7 heteroatoms. The van der Waals surface area contributed by atoms with E-state index in [2.05, 4.69) is 27.2 Å². The van der Waals surface area contributed by atoms with Crippen LogP contribution in [-0.2, 0) is 11.3 Å². The molecule has 150 valence electrons. The van der Waals surface area contributed by atoms with E-state index in [-0.39, 0.29) is 17.9 Å². The molecule has 0 aliphatic heterocycles. The SMILES string of the molecule is C=CC(=O)NCc1ccc(C(=O)N[C@@H](CCSC)c2nc3ccccc3[nH]2)cc1. The Kier molecular flexibility index (Phi) is 7.08. The molecule has 29 heavy (non-hydrogen) atoms. The van der Waals surface area contributed by atoms with Crippen molar-refractivity contribution in [3.05, 3.63) is 78.1 Å². The number of benzene rings is 2. The van der Waals surface area contributed by atoms with Crippen LogP contribution in [0.4, 0.5) is 0 Å². The van der Waals surface area contributed by atoms with Gasteiger partial charge in [0.2, 0.25) is 5.91 Å². The predicted octanol–water partition coefficient (Wildman–Crippen LogP) is 3.59. The van der Waals surface area contributed by atoms with Gasteiger partial charge >= 0.3 is 0 Å². The van der Waals surface area contributed by atoms with Gasteiger partial charge in [0.1, 0.15) is 5.82 Å². The highest BCUT2D eigenvalue weighted by atomic mass is 32.2. The number of imidazole rings is 1. The second-order valence-corrected chi connectivity index (χ2v) is 7.55. The van der Waals surface area contributed by atoms with Crippen LogP contribution in [-0.4, -0.2) is 33.8 Å². The number of hydrogen-bond acceptors (Lipinski definition) is 4. The first-order valence-corrected chi connectivity index (χ1v) is 10.7. The Balaban J connectivity index is 1.70. The maximum atomic E-state index is 12.8. The summed E-state index contributed by atoms with van der Waals surface area (Å²) in [5.74, 6) is 1.29. The zero-order valence-corrected chi connectivity index (χ0v) is 17.1. The molecule has 1 aromatic heterocycles. The number of rotatable bonds is 9. The molecule has 0 saturated carbocycles. The van der Waals surface area contributed by atoms with Crippen molar-refractivity contribution in [2.24, 2.45) is 0 Å². The van der Waals surface area contributed by atoms with Crippen LogP contribution >= 0.6 is 11.8 Å². The van der Waals surface area contributed by atoms with E-state index < -0.39 is 0 Å². The third-order valence-electron chi connectivity index (χ3n) is 4.52. The van der Waals surface area contributed by atoms with Crippen molar-refractivity contribution in [1.29, 1.82) is 0 Å². The monoisotopic (exact) mass is 408 g/mol. The highest BCUT2D eigenvalue weighted by molar-refractivity contribution is 7.98. The molecule has 0 bridgehead atoms. The minimum Gasteiger partial charge on any atom is -0.348 e. The Labute approximate surface area is 174 Å². The van der Waals surface area contributed by atoms with Gasteiger partial charge in [0, 0.05) is 12.1 Å². The highest BCUT2D eigenvalue weighted by Crippen LogP contribution is 2.20. The number of amides is 2. The highest BCUT2D eigenvalue weighted by Gasteiger charge is 2.19. The molecule has 3 aromatic rings. The number of aromatic amines is 1. The lowest BCUT2D eigenvalue weighted by Crippen LogP contribution is -2.29. The smallest absolute Gasteiger partial charge is 0.251 e. The Bertz CT molecular complexity index is 964. The number of carbonyl (C=O) groups is 2. The first-order chi connectivity index (χ1) is 14.1. The van der Waals surface area contributed by atoms with Gasteiger partial charge in [-0.1, -0.05) is 30.8 Å². The topological polar surface area (TPSA) is 86.9 Å². The van der Waals surface area contributed by atoms with Crippen molar-refractivity contribution in [2.75, 3.05) is 12.0 Å². The van der Waals surface area contributed by atoms with E-state index in [0.717, 1.165) is 34.6 Å². The summed E-state index contributed by atoms with van der Waals surface area (Å²) in [5.41, 5.74) is 3.32. The molecule has 6 nitrogen and oxygen atoms in total. The summed E-state index contributed by atoms with van der Waals surface area (Å²) in [6, 6.07) is 14.8. The third-order valence-corrected chi connectivity index (χ3v) is 5.17. The molecule has 0 radical (unpaired) electrons. The summed E-state index contributed by atoms with van der Waals surface area (Å²) in [7, 11) is 0. The van der Waals surface area contributed by atoms with E-state index in [1.54, 1.807) is 23.9 Å². The number of para-hydroxylation sites is 2. The first-order valence-electron chi connectivity index (χ1n) is 9.34. The van der Waals surface area contributed by atoms with Crippen molar-refractivity contribution in [3.63, 3.8) is 0 Å². The van der Waals surface area contributed by atoms with E-state index in [9.17, 15) is 9.59 Å². The lowest BCUT2D eigenvalue weighted by Gasteiger charge is -2.16. The van der Waals surface area contributed by atoms with Gasteiger partial charge in [-0.15, -0.1) is 0 Å². The van der Waals surface area contributed by atoms with Gasteiger partial charge in [0.15, 0.2) is 0 Å². The van der Waals surface area contributed by atoms with E-state index >= 15 is 0 Å². The van der Waals surface area contributed by atoms with E-state index in [0.29, 0.717) is 12.1 Å². The Morgan fingerprint density at radius 1 is 1.21 bits per heavy atom. The van der Waals surface area contributed by atoms with Gasteiger partial charge in [-0.25, -0.2) is 4.98 Å². The summed E-state index contributed by atoms with van der Waals surface area (Å²) in [6.45, 7) is 3.81. The molecule has 0 aliphatic carbocycles. The minimum atomic E-state index is -0.228. The van der Waals surface area contributed by atoms with Crippen LogP contribution in [0.2, 0.25) is 0 Å². The fourth-order valence-electron chi connectivity index (χ4n) is 2.93. The van der Waals surface area contributed by atoms with Crippen LogP contribution in [0.15, 0.2) is 61.2 Å². The zero-order valence-electron chi connectivity index (χ0n) is 16.3. The maximum Gasteiger partial charge on any atom is 0.251 e.